The van der Waals surface area contributed by atoms with E-state index in [0.717, 1.165) is 10.0 Å². The molecule has 0 bridgehead atoms. The Hall–Kier alpha value is -1.72. The van der Waals surface area contributed by atoms with Gasteiger partial charge in [-0.05, 0) is 48.4 Å². The van der Waals surface area contributed by atoms with Crippen molar-refractivity contribution in [3.63, 3.8) is 0 Å². The summed E-state index contributed by atoms with van der Waals surface area (Å²) in [6, 6.07) is 10.9. The summed E-state index contributed by atoms with van der Waals surface area (Å²) < 4.78 is 13.7. The summed E-state index contributed by atoms with van der Waals surface area (Å²) in [4.78, 5) is 12.1. The summed E-state index contributed by atoms with van der Waals surface area (Å²) in [5.41, 5.74) is 1.96. The zero-order chi connectivity index (χ0) is 15.4. The van der Waals surface area contributed by atoms with Crippen LogP contribution >= 0.6 is 15.9 Å². The molecule has 2 N–H and O–H groups in total. The Kier molecular flexibility index (Phi) is 5.09. The molecule has 0 aliphatic rings. The molecule has 2 rings (SSSR count). The highest BCUT2D eigenvalue weighted by Gasteiger charge is 2.12. The van der Waals surface area contributed by atoms with Gasteiger partial charge in [0.25, 0.3) is 5.91 Å². The van der Waals surface area contributed by atoms with Crippen LogP contribution in [-0.4, -0.2) is 17.6 Å². The summed E-state index contributed by atoms with van der Waals surface area (Å²) in [7, 11) is 0. The van der Waals surface area contributed by atoms with E-state index in [9.17, 15) is 14.3 Å². The van der Waals surface area contributed by atoms with Crippen LogP contribution in [0.4, 0.5) is 4.39 Å². The van der Waals surface area contributed by atoms with E-state index >= 15 is 0 Å². The third kappa shape index (κ3) is 4.12. The highest BCUT2D eigenvalue weighted by Crippen LogP contribution is 2.16. The lowest BCUT2D eigenvalue weighted by molar-refractivity contribution is 0.0915. The quantitative estimate of drug-likeness (QED) is 0.887. The first-order chi connectivity index (χ1) is 9.97. The second-order valence-electron chi connectivity index (χ2n) is 4.74. The van der Waals surface area contributed by atoms with Crippen molar-refractivity contribution in [1.82, 2.24) is 5.32 Å². The number of halogens is 2. The van der Waals surface area contributed by atoms with Crippen LogP contribution in [0.15, 0.2) is 46.9 Å². The lowest BCUT2D eigenvalue weighted by Gasteiger charge is -2.13. The molecule has 0 aromatic heterocycles. The van der Waals surface area contributed by atoms with Gasteiger partial charge in [0.05, 0.1) is 6.10 Å². The second-order valence-corrected chi connectivity index (χ2v) is 5.65. The SMILES string of the molecule is Cc1cc(Br)ccc1C(=O)NCC(O)c1ccc(F)cc1. The lowest BCUT2D eigenvalue weighted by Crippen LogP contribution is -2.28. The number of aliphatic hydroxyl groups excluding tert-OH is 1. The minimum atomic E-state index is -0.870. The van der Waals surface area contributed by atoms with E-state index in [1.165, 1.54) is 24.3 Å². The third-order valence-corrected chi connectivity index (χ3v) is 3.64. The number of hydrogen-bond donors (Lipinski definition) is 2. The molecule has 110 valence electrons. The molecule has 5 heteroatoms. The molecule has 0 saturated heterocycles. The standard InChI is InChI=1S/C16H15BrFNO2/c1-10-8-12(17)4-7-14(10)16(21)19-9-15(20)11-2-5-13(18)6-3-11/h2-8,15,20H,9H2,1H3,(H,19,21). The maximum absolute atomic E-state index is 12.8. The number of aryl methyl sites for hydroxylation is 1. The van der Waals surface area contributed by atoms with Crippen LogP contribution in [0.25, 0.3) is 0 Å². The number of carbonyl (C=O) groups is 1. The van der Waals surface area contributed by atoms with Crippen molar-refractivity contribution in [2.24, 2.45) is 0 Å². The normalized spacial score (nSPS) is 12.0. The van der Waals surface area contributed by atoms with Gasteiger partial charge in [0.2, 0.25) is 0 Å². The molecule has 0 radical (unpaired) electrons. The van der Waals surface area contributed by atoms with Crippen LogP contribution in [0.1, 0.15) is 27.6 Å². The van der Waals surface area contributed by atoms with Gasteiger partial charge in [-0.1, -0.05) is 28.1 Å². The number of rotatable bonds is 4. The van der Waals surface area contributed by atoms with E-state index in [2.05, 4.69) is 21.2 Å². The molecule has 2 aromatic rings. The van der Waals surface area contributed by atoms with Crippen molar-refractivity contribution in [2.45, 2.75) is 13.0 Å². The van der Waals surface area contributed by atoms with E-state index in [-0.39, 0.29) is 18.3 Å². The molecule has 0 saturated carbocycles. The summed E-state index contributed by atoms with van der Waals surface area (Å²) >= 11 is 3.34. The summed E-state index contributed by atoms with van der Waals surface area (Å²) in [6.07, 6.45) is -0.870. The topological polar surface area (TPSA) is 49.3 Å². The largest absolute Gasteiger partial charge is 0.387 e. The molecule has 2 aromatic carbocycles. The van der Waals surface area contributed by atoms with Crippen molar-refractivity contribution >= 4 is 21.8 Å². The smallest absolute Gasteiger partial charge is 0.251 e. The van der Waals surface area contributed by atoms with Crippen molar-refractivity contribution in [3.8, 4) is 0 Å². The van der Waals surface area contributed by atoms with Crippen LogP contribution in [0, 0.1) is 12.7 Å². The maximum Gasteiger partial charge on any atom is 0.251 e. The van der Waals surface area contributed by atoms with Gasteiger partial charge in [0, 0.05) is 16.6 Å². The molecular formula is C16H15BrFNO2. The fourth-order valence-electron chi connectivity index (χ4n) is 1.97. The Morgan fingerprint density at radius 3 is 2.57 bits per heavy atom. The molecule has 0 aliphatic carbocycles. The Morgan fingerprint density at radius 1 is 1.29 bits per heavy atom. The van der Waals surface area contributed by atoms with Gasteiger partial charge in [-0.15, -0.1) is 0 Å². The first-order valence-corrected chi connectivity index (χ1v) is 7.24. The molecule has 1 atom stereocenters. The number of hydrogen-bond acceptors (Lipinski definition) is 2. The van der Waals surface area contributed by atoms with Gasteiger partial charge >= 0.3 is 0 Å². The predicted octanol–water partition coefficient (Wildman–Crippen LogP) is 3.36. The zero-order valence-corrected chi connectivity index (χ0v) is 13.0. The monoisotopic (exact) mass is 351 g/mol. The number of benzene rings is 2. The van der Waals surface area contributed by atoms with Gasteiger partial charge in [-0.2, -0.15) is 0 Å². The molecule has 1 unspecified atom stereocenters. The molecule has 1 amide bonds. The maximum atomic E-state index is 12.8. The average molecular weight is 352 g/mol. The van der Waals surface area contributed by atoms with Crippen LogP contribution in [0.5, 0.6) is 0 Å². The number of aliphatic hydroxyl groups is 1. The molecule has 0 spiro atoms. The van der Waals surface area contributed by atoms with Crippen molar-refractivity contribution < 1.29 is 14.3 Å². The van der Waals surface area contributed by atoms with E-state index in [1.807, 2.05) is 13.0 Å². The number of carbonyl (C=O) groups excluding carboxylic acids is 1. The summed E-state index contributed by atoms with van der Waals surface area (Å²) in [5.74, 6) is -0.610. The minimum Gasteiger partial charge on any atom is -0.387 e. The van der Waals surface area contributed by atoms with Gasteiger partial charge in [0.1, 0.15) is 5.82 Å². The third-order valence-electron chi connectivity index (χ3n) is 3.14. The number of amides is 1. The van der Waals surface area contributed by atoms with Crippen molar-refractivity contribution in [3.05, 3.63) is 69.4 Å². The van der Waals surface area contributed by atoms with Gasteiger partial charge in [-0.25, -0.2) is 4.39 Å². The number of nitrogens with one attached hydrogen (secondary N) is 1. The first kappa shape index (κ1) is 15.7. The van der Waals surface area contributed by atoms with Crippen LogP contribution in [0.2, 0.25) is 0 Å². The predicted molar refractivity (Wildman–Crippen MR) is 82.6 cm³/mol. The first-order valence-electron chi connectivity index (χ1n) is 6.45. The minimum absolute atomic E-state index is 0.0694. The lowest BCUT2D eigenvalue weighted by atomic mass is 10.1. The summed E-state index contributed by atoms with van der Waals surface area (Å²) in [5, 5.41) is 12.7. The fraction of sp³-hybridized carbons (Fsp3) is 0.188. The zero-order valence-electron chi connectivity index (χ0n) is 11.4. The molecule has 0 heterocycles. The molecule has 0 fully saturated rings. The highest BCUT2D eigenvalue weighted by molar-refractivity contribution is 9.10. The van der Waals surface area contributed by atoms with E-state index in [4.69, 9.17) is 0 Å². The highest BCUT2D eigenvalue weighted by atomic mass is 79.9. The van der Waals surface area contributed by atoms with Crippen molar-refractivity contribution in [1.29, 1.82) is 0 Å². The average Bonchev–Trinajstić information content (AvgIpc) is 2.45. The molecular weight excluding hydrogens is 337 g/mol. The molecule has 21 heavy (non-hydrogen) atoms. The van der Waals surface area contributed by atoms with E-state index in [0.29, 0.717) is 11.1 Å². The molecule has 0 aliphatic heterocycles. The van der Waals surface area contributed by atoms with Gasteiger partial charge in [0.15, 0.2) is 0 Å². The Balaban J connectivity index is 1.99. The Morgan fingerprint density at radius 2 is 1.95 bits per heavy atom. The fourth-order valence-corrected chi connectivity index (χ4v) is 2.44. The molecule has 3 nitrogen and oxygen atoms in total. The van der Waals surface area contributed by atoms with Crippen LogP contribution in [-0.2, 0) is 0 Å². The Labute approximate surface area is 130 Å². The second kappa shape index (κ2) is 6.83. The van der Waals surface area contributed by atoms with Crippen molar-refractivity contribution in [2.75, 3.05) is 6.54 Å². The van der Waals surface area contributed by atoms with Crippen LogP contribution < -0.4 is 5.32 Å². The van der Waals surface area contributed by atoms with Gasteiger partial charge in [-0.3, -0.25) is 4.79 Å². The van der Waals surface area contributed by atoms with E-state index < -0.39 is 6.10 Å². The summed E-state index contributed by atoms with van der Waals surface area (Å²) in [6.45, 7) is 1.91. The Bertz CT molecular complexity index is 643. The van der Waals surface area contributed by atoms with E-state index in [1.54, 1.807) is 12.1 Å². The van der Waals surface area contributed by atoms with Gasteiger partial charge < -0.3 is 10.4 Å². The van der Waals surface area contributed by atoms with Crippen LogP contribution in [0.3, 0.4) is 0 Å².